The quantitative estimate of drug-likeness (QED) is 0.221. The molecule has 3 aromatic carbocycles. The fourth-order valence-electron chi connectivity index (χ4n) is 8.29. The van der Waals surface area contributed by atoms with Crippen molar-refractivity contribution in [2.24, 2.45) is 0 Å². The minimum absolute atomic E-state index is 0.0388. The summed E-state index contributed by atoms with van der Waals surface area (Å²) < 4.78 is 7.19. The van der Waals surface area contributed by atoms with Crippen LogP contribution in [0.3, 0.4) is 0 Å². The highest BCUT2D eigenvalue weighted by Crippen LogP contribution is 2.43. The molecule has 11 nitrogen and oxygen atoms in total. The molecule has 4 aliphatic rings. The summed E-state index contributed by atoms with van der Waals surface area (Å²) in [6.45, 7) is 12.7. The van der Waals surface area contributed by atoms with Gasteiger partial charge in [0, 0.05) is 104 Å². The molecule has 3 fully saturated rings. The molecule has 2 N–H and O–H groups in total. The Morgan fingerprint density at radius 3 is 2.26 bits per heavy atom. The highest BCUT2D eigenvalue weighted by molar-refractivity contribution is 7.21. The lowest BCUT2D eigenvalue weighted by molar-refractivity contribution is -0.134. The van der Waals surface area contributed by atoms with Crippen molar-refractivity contribution in [1.82, 2.24) is 25.4 Å². The lowest BCUT2D eigenvalue weighted by atomic mass is 9.90. The number of piperazine rings is 2. The van der Waals surface area contributed by atoms with Crippen molar-refractivity contribution in [3.63, 3.8) is 0 Å². The molecule has 1 unspecified atom stereocenters. The van der Waals surface area contributed by atoms with Crippen LogP contribution in [0.1, 0.15) is 40.9 Å². The summed E-state index contributed by atoms with van der Waals surface area (Å²) >= 11 is 1.48. The number of hydrogen-bond acceptors (Lipinski definition) is 10. The van der Waals surface area contributed by atoms with Crippen LogP contribution in [-0.2, 0) is 9.59 Å². The number of pyridine rings is 1. The number of imide groups is 1. The molecule has 3 amide bonds. The number of anilines is 2. The van der Waals surface area contributed by atoms with Gasteiger partial charge < -0.3 is 19.9 Å². The van der Waals surface area contributed by atoms with Crippen molar-refractivity contribution >= 4 is 61.4 Å². The summed E-state index contributed by atoms with van der Waals surface area (Å²) in [6.07, 6.45) is 0.980. The third-order valence-electron chi connectivity index (χ3n) is 11.4. The number of carbonyl (C=O) groups excluding carboxylic acids is 3. The Hall–Kier alpha value is -5.04. The second-order valence-corrected chi connectivity index (χ2v) is 16.0. The van der Waals surface area contributed by atoms with E-state index in [-0.39, 0.29) is 29.7 Å². The maximum Gasteiger partial charge on any atom is 0.265 e. The Morgan fingerprint density at radius 1 is 0.815 bits per heavy atom. The summed E-state index contributed by atoms with van der Waals surface area (Å²) in [5.41, 5.74) is 6.31. The van der Waals surface area contributed by atoms with Gasteiger partial charge in [0.05, 0.1) is 23.2 Å². The van der Waals surface area contributed by atoms with Gasteiger partial charge in [0.1, 0.15) is 11.5 Å². The predicted molar refractivity (Wildman–Crippen MR) is 214 cm³/mol. The van der Waals surface area contributed by atoms with Crippen LogP contribution < -0.4 is 25.2 Å². The van der Waals surface area contributed by atoms with Gasteiger partial charge in [-0.25, -0.2) is 4.98 Å². The van der Waals surface area contributed by atoms with Crippen LogP contribution in [0.15, 0.2) is 72.8 Å². The first-order valence-corrected chi connectivity index (χ1v) is 20.0. The number of carbonyl (C=O) groups is 3. The molecular formula is C42H45N7O4S. The van der Waals surface area contributed by atoms with Crippen LogP contribution in [0, 0.1) is 0 Å². The van der Waals surface area contributed by atoms with E-state index in [9.17, 15) is 14.4 Å². The molecule has 5 aromatic rings. The number of ether oxygens (including phenoxy) is 1. The molecular weight excluding hydrogens is 699 g/mol. The molecule has 2 atom stereocenters. The van der Waals surface area contributed by atoms with Crippen molar-refractivity contribution in [3.8, 4) is 17.0 Å². The van der Waals surface area contributed by atoms with Gasteiger partial charge in [-0.15, -0.1) is 11.3 Å². The maximum atomic E-state index is 12.8. The third-order valence-corrected chi connectivity index (χ3v) is 12.6. The van der Waals surface area contributed by atoms with E-state index in [1.807, 2.05) is 25.1 Å². The summed E-state index contributed by atoms with van der Waals surface area (Å²) in [7, 11) is 0. The highest BCUT2D eigenvalue weighted by atomic mass is 32.1. The zero-order chi connectivity index (χ0) is 36.8. The van der Waals surface area contributed by atoms with Crippen LogP contribution in [0.4, 0.5) is 11.4 Å². The number of fused-ring (bicyclic) bond motifs is 5. The second-order valence-electron chi connectivity index (χ2n) is 15.0. The molecule has 0 radical (unpaired) electrons. The molecule has 3 saturated heterocycles. The fourth-order valence-corrected chi connectivity index (χ4v) is 9.36. The smallest absolute Gasteiger partial charge is 0.265 e. The molecule has 12 heteroatoms. The number of nitrogens with zero attached hydrogens (tertiary/aromatic N) is 5. The zero-order valence-electron chi connectivity index (χ0n) is 30.6. The largest absolute Gasteiger partial charge is 0.489 e. The molecule has 0 bridgehead atoms. The number of piperidine rings is 1. The highest BCUT2D eigenvalue weighted by Gasteiger charge is 2.29. The summed E-state index contributed by atoms with van der Waals surface area (Å²) in [5.74, 6) is 0.00441. The van der Waals surface area contributed by atoms with Crippen molar-refractivity contribution in [2.75, 3.05) is 81.9 Å². The van der Waals surface area contributed by atoms with Crippen molar-refractivity contribution in [2.45, 2.75) is 31.7 Å². The molecule has 0 saturated carbocycles. The van der Waals surface area contributed by atoms with E-state index in [1.54, 1.807) is 0 Å². The number of thiophene rings is 1. The van der Waals surface area contributed by atoms with Crippen LogP contribution in [0.5, 0.6) is 5.75 Å². The Bertz CT molecular complexity index is 2220. The third kappa shape index (κ3) is 6.89. The average Bonchev–Trinajstić information content (AvgIpc) is 3.52. The number of amides is 3. The minimum Gasteiger partial charge on any atom is -0.489 e. The lowest BCUT2D eigenvalue weighted by Crippen LogP contribution is -2.51. The molecule has 54 heavy (non-hydrogen) atoms. The van der Waals surface area contributed by atoms with Crippen LogP contribution in [0.25, 0.3) is 32.2 Å². The SMILES string of the molecule is C[C@@H]1COc2c(sc3ccc4nc(-c5cccc(N6CCN(CCN7CCN(c8ccc(C9CCC(=O)NC9=O)cc8)CC7)CC6)c5)ccc4c23)C(=O)N1. The summed E-state index contributed by atoms with van der Waals surface area (Å²) in [6, 6.07) is 25.3. The van der Waals surface area contributed by atoms with Crippen molar-refractivity contribution in [1.29, 1.82) is 0 Å². The Morgan fingerprint density at radius 2 is 1.54 bits per heavy atom. The van der Waals surface area contributed by atoms with Crippen LogP contribution in [0.2, 0.25) is 0 Å². The number of benzene rings is 3. The Labute approximate surface area is 318 Å². The van der Waals surface area contributed by atoms with E-state index in [0.29, 0.717) is 30.1 Å². The number of aromatic nitrogens is 1. The van der Waals surface area contributed by atoms with Crippen LogP contribution in [-0.4, -0.2) is 111 Å². The Kier molecular flexibility index (Phi) is 9.42. The maximum absolute atomic E-state index is 12.8. The normalized spacial score (nSPS) is 21.5. The minimum atomic E-state index is -0.239. The lowest BCUT2D eigenvalue weighted by Gasteiger charge is -2.39. The standard InChI is InChI=1S/C42H45N7O4S/c1-27-26-53-39-38-33-9-11-34(44-35(33)12-13-36(38)54-40(39)42(52)43-27)29-3-2-4-31(25-29)49-23-19-47(20-24-49)16-15-46-17-21-48(22-18-46)30-7-5-28(6-8-30)32-10-14-37(50)45-41(32)51/h2-9,11-13,25,27,32H,10,14-24,26H2,1H3,(H,43,52)(H,45,50,51)/t27-,32?/m1/s1. The van der Waals surface area contributed by atoms with E-state index >= 15 is 0 Å². The van der Waals surface area contributed by atoms with E-state index in [1.165, 1.54) is 22.7 Å². The van der Waals surface area contributed by atoms with E-state index in [0.717, 1.165) is 103 Å². The molecule has 4 aliphatic heterocycles. The molecule has 6 heterocycles. The molecule has 2 aromatic heterocycles. The predicted octanol–water partition coefficient (Wildman–Crippen LogP) is 5.09. The van der Waals surface area contributed by atoms with Crippen molar-refractivity contribution in [3.05, 3.63) is 83.2 Å². The fraction of sp³-hybridized carbons (Fsp3) is 0.381. The number of nitrogens with one attached hydrogen (secondary N) is 2. The van der Waals surface area contributed by atoms with Gasteiger partial charge >= 0.3 is 0 Å². The van der Waals surface area contributed by atoms with Gasteiger partial charge in [-0.05, 0) is 67.4 Å². The van der Waals surface area contributed by atoms with Gasteiger partial charge in [-0.1, -0.05) is 24.3 Å². The topological polar surface area (TPSA) is 110 Å². The van der Waals surface area contributed by atoms with E-state index in [4.69, 9.17) is 9.72 Å². The molecule has 9 rings (SSSR count). The van der Waals surface area contributed by atoms with E-state index < -0.39 is 0 Å². The number of hydrogen-bond donors (Lipinski definition) is 2. The van der Waals surface area contributed by atoms with Gasteiger partial charge in [0.25, 0.3) is 5.91 Å². The first-order chi connectivity index (χ1) is 26.4. The summed E-state index contributed by atoms with van der Waals surface area (Å²) in [4.78, 5) is 52.4. The van der Waals surface area contributed by atoms with Gasteiger partial charge in [-0.2, -0.15) is 0 Å². The molecule has 278 valence electrons. The Balaban J connectivity index is 0.776. The van der Waals surface area contributed by atoms with Gasteiger partial charge in [0.15, 0.2) is 5.75 Å². The first kappa shape index (κ1) is 34.7. The second kappa shape index (κ2) is 14.7. The first-order valence-electron chi connectivity index (χ1n) is 19.1. The zero-order valence-corrected chi connectivity index (χ0v) is 31.4. The molecule has 0 spiro atoms. The number of rotatable bonds is 7. The average molecular weight is 744 g/mol. The molecule has 0 aliphatic carbocycles. The van der Waals surface area contributed by atoms with E-state index in [2.05, 4.69) is 84.8 Å². The van der Waals surface area contributed by atoms with Crippen molar-refractivity contribution < 1.29 is 19.1 Å². The monoisotopic (exact) mass is 743 g/mol. The van der Waals surface area contributed by atoms with Gasteiger partial charge in [-0.3, -0.25) is 29.5 Å². The van der Waals surface area contributed by atoms with Gasteiger partial charge in [0.2, 0.25) is 11.8 Å². The summed E-state index contributed by atoms with van der Waals surface area (Å²) in [5, 5.41) is 7.46. The van der Waals surface area contributed by atoms with Crippen LogP contribution >= 0.6 is 11.3 Å².